The van der Waals surface area contributed by atoms with Gasteiger partial charge in [-0.1, -0.05) is 6.07 Å². The normalized spacial score (nSPS) is 24.8. The van der Waals surface area contributed by atoms with Crippen LogP contribution < -0.4 is 5.73 Å². The number of carbonyl (C=O) groups is 1. The molecule has 2 aliphatic rings. The van der Waals surface area contributed by atoms with Crippen LogP contribution in [0, 0.1) is 12.8 Å². The Labute approximate surface area is 154 Å². The highest BCUT2D eigenvalue weighted by Gasteiger charge is 2.32. The van der Waals surface area contributed by atoms with E-state index in [-0.39, 0.29) is 18.1 Å². The number of hydrogen-bond acceptors (Lipinski definition) is 4. The molecule has 2 N–H and O–H groups in total. The second kappa shape index (κ2) is 7.33. The maximum atomic E-state index is 12.9. The second-order valence-corrected chi connectivity index (χ2v) is 7.68. The monoisotopic (exact) mass is 353 g/mol. The van der Waals surface area contributed by atoms with Crippen molar-refractivity contribution < 1.29 is 9.53 Å². The standard InChI is InChI=1S/C21H27N3O2/c1-14-2-3-16-12-17(4-5-19(16)23-14)21(25)24-9-6-15(7-10-24)20-13-18(22)8-11-26-20/h2-5,12,15,18,20H,6-11,13,22H2,1H3. The summed E-state index contributed by atoms with van der Waals surface area (Å²) in [6.07, 6.45) is 4.18. The lowest BCUT2D eigenvalue weighted by Gasteiger charge is -2.38. The van der Waals surface area contributed by atoms with E-state index in [9.17, 15) is 4.79 Å². The molecule has 1 amide bonds. The molecule has 2 saturated heterocycles. The van der Waals surface area contributed by atoms with Gasteiger partial charge in [0.05, 0.1) is 11.6 Å². The zero-order valence-corrected chi connectivity index (χ0v) is 15.4. The molecule has 2 fully saturated rings. The Morgan fingerprint density at radius 3 is 2.77 bits per heavy atom. The van der Waals surface area contributed by atoms with Crippen LogP contribution >= 0.6 is 0 Å². The highest BCUT2D eigenvalue weighted by Crippen LogP contribution is 2.29. The molecule has 2 aliphatic heterocycles. The molecule has 26 heavy (non-hydrogen) atoms. The molecule has 0 aliphatic carbocycles. The SMILES string of the molecule is Cc1ccc2cc(C(=O)N3CCC(C4CC(N)CCO4)CC3)ccc2n1. The average Bonchev–Trinajstić information content (AvgIpc) is 2.67. The minimum Gasteiger partial charge on any atom is -0.378 e. The Morgan fingerprint density at radius 2 is 2.00 bits per heavy atom. The number of nitrogens with two attached hydrogens (primary N) is 1. The fourth-order valence-electron chi connectivity index (χ4n) is 4.20. The number of amides is 1. The maximum absolute atomic E-state index is 12.9. The summed E-state index contributed by atoms with van der Waals surface area (Å²) in [6.45, 7) is 4.34. The molecule has 1 aromatic heterocycles. The number of piperidine rings is 1. The first kappa shape index (κ1) is 17.4. The minimum atomic E-state index is 0.118. The van der Waals surface area contributed by atoms with Gasteiger partial charge >= 0.3 is 0 Å². The molecule has 4 rings (SSSR count). The van der Waals surface area contributed by atoms with Crippen LogP contribution in [-0.2, 0) is 4.74 Å². The van der Waals surface area contributed by atoms with Gasteiger partial charge in [-0.2, -0.15) is 0 Å². The molecule has 5 nitrogen and oxygen atoms in total. The number of ether oxygens (including phenoxy) is 1. The van der Waals surface area contributed by atoms with E-state index in [1.54, 1.807) is 0 Å². The number of likely N-dealkylation sites (tertiary alicyclic amines) is 1. The molecular formula is C21H27N3O2. The molecule has 0 spiro atoms. The van der Waals surface area contributed by atoms with Crippen LogP contribution in [0.1, 0.15) is 41.7 Å². The summed E-state index contributed by atoms with van der Waals surface area (Å²) in [4.78, 5) is 19.4. The lowest BCUT2D eigenvalue weighted by atomic mass is 9.86. The van der Waals surface area contributed by atoms with Crippen LogP contribution in [0.5, 0.6) is 0 Å². The van der Waals surface area contributed by atoms with Crippen molar-refractivity contribution in [1.29, 1.82) is 0 Å². The third kappa shape index (κ3) is 3.60. The van der Waals surface area contributed by atoms with Crippen molar-refractivity contribution in [2.24, 2.45) is 11.7 Å². The topological polar surface area (TPSA) is 68.5 Å². The van der Waals surface area contributed by atoms with Crippen molar-refractivity contribution in [2.45, 2.75) is 44.8 Å². The molecule has 2 aromatic rings. The van der Waals surface area contributed by atoms with Gasteiger partial charge in [0.2, 0.25) is 0 Å². The van der Waals surface area contributed by atoms with Gasteiger partial charge in [-0.05, 0) is 62.8 Å². The number of rotatable bonds is 2. The quantitative estimate of drug-likeness (QED) is 0.901. The number of hydrogen-bond donors (Lipinski definition) is 1. The van der Waals surface area contributed by atoms with E-state index in [2.05, 4.69) is 4.98 Å². The summed E-state index contributed by atoms with van der Waals surface area (Å²) in [5.41, 5.74) is 8.76. The van der Waals surface area contributed by atoms with Gasteiger partial charge in [-0.25, -0.2) is 0 Å². The van der Waals surface area contributed by atoms with Gasteiger partial charge in [-0.15, -0.1) is 0 Å². The zero-order valence-electron chi connectivity index (χ0n) is 15.4. The first-order valence-corrected chi connectivity index (χ1v) is 9.64. The summed E-state index contributed by atoms with van der Waals surface area (Å²) < 4.78 is 5.94. The van der Waals surface area contributed by atoms with E-state index in [0.29, 0.717) is 5.92 Å². The Kier molecular flexibility index (Phi) is 4.92. The van der Waals surface area contributed by atoms with Crippen molar-refractivity contribution in [3.8, 4) is 0 Å². The Balaban J connectivity index is 1.41. The van der Waals surface area contributed by atoms with Gasteiger partial charge in [0.1, 0.15) is 0 Å². The number of carbonyl (C=O) groups excluding carboxylic acids is 1. The number of pyridine rings is 1. The van der Waals surface area contributed by atoms with Crippen LogP contribution in [-0.4, -0.2) is 47.6 Å². The average molecular weight is 353 g/mol. The zero-order chi connectivity index (χ0) is 18.1. The third-order valence-corrected chi connectivity index (χ3v) is 5.78. The number of aromatic nitrogens is 1. The van der Waals surface area contributed by atoms with Crippen LogP contribution in [0.25, 0.3) is 10.9 Å². The summed E-state index contributed by atoms with van der Waals surface area (Å²) >= 11 is 0. The number of benzene rings is 1. The van der Waals surface area contributed by atoms with Gasteiger partial charge in [0.15, 0.2) is 0 Å². The van der Waals surface area contributed by atoms with E-state index < -0.39 is 0 Å². The van der Waals surface area contributed by atoms with Crippen LogP contribution in [0.2, 0.25) is 0 Å². The molecule has 0 saturated carbocycles. The minimum absolute atomic E-state index is 0.118. The van der Waals surface area contributed by atoms with E-state index in [4.69, 9.17) is 10.5 Å². The fourth-order valence-corrected chi connectivity index (χ4v) is 4.20. The highest BCUT2D eigenvalue weighted by molar-refractivity contribution is 5.98. The van der Waals surface area contributed by atoms with Gasteiger partial charge in [0.25, 0.3) is 5.91 Å². The maximum Gasteiger partial charge on any atom is 0.253 e. The van der Waals surface area contributed by atoms with Crippen molar-refractivity contribution in [2.75, 3.05) is 19.7 Å². The number of nitrogens with zero attached hydrogens (tertiary/aromatic N) is 2. The van der Waals surface area contributed by atoms with E-state index in [0.717, 1.165) is 67.5 Å². The molecule has 0 radical (unpaired) electrons. The first-order chi connectivity index (χ1) is 12.6. The van der Waals surface area contributed by atoms with Crippen LogP contribution in [0.3, 0.4) is 0 Å². The summed E-state index contributed by atoms with van der Waals surface area (Å²) in [7, 11) is 0. The summed E-state index contributed by atoms with van der Waals surface area (Å²) in [6, 6.07) is 10.1. The molecule has 138 valence electrons. The van der Waals surface area contributed by atoms with E-state index in [1.807, 2.05) is 42.2 Å². The molecule has 3 heterocycles. The highest BCUT2D eigenvalue weighted by atomic mass is 16.5. The molecule has 5 heteroatoms. The number of aryl methyl sites for hydroxylation is 1. The largest absolute Gasteiger partial charge is 0.378 e. The van der Waals surface area contributed by atoms with Gasteiger partial charge in [-0.3, -0.25) is 9.78 Å². The van der Waals surface area contributed by atoms with Crippen molar-refractivity contribution >= 4 is 16.8 Å². The Bertz CT molecular complexity index is 799. The molecule has 2 unspecified atom stereocenters. The van der Waals surface area contributed by atoms with E-state index in [1.165, 1.54) is 0 Å². The first-order valence-electron chi connectivity index (χ1n) is 9.64. The van der Waals surface area contributed by atoms with Crippen LogP contribution in [0.15, 0.2) is 30.3 Å². The lowest BCUT2D eigenvalue weighted by Crippen LogP contribution is -2.45. The van der Waals surface area contributed by atoms with Crippen molar-refractivity contribution in [1.82, 2.24) is 9.88 Å². The molecule has 2 atom stereocenters. The second-order valence-electron chi connectivity index (χ2n) is 7.68. The fraction of sp³-hybridized carbons (Fsp3) is 0.524. The third-order valence-electron chi connectivity index (χ3n) is 5.78. The van der Waals surface area contributed by atoms with Crippen molar-refractivity contribution in [3.63, 3.8) is 0 Å². The van der Waals surface area contributed by atoms with Crippen molar-refractivity contribution in [3.05, 3.63) is 41.6 Å². The predicted octanol–water partition coefficient (Wildman–Crippen LogP) is 2.90. The number of fused-ring (bicyclic) bond motifs is 1. The molecular weight excluding hydrogens is 326 g/mol. The van der Waals surface area contributed by atoms with Crippen LogP contribution in [0.4, 0.5) is 0 Å². The van der Waals surface area contributed by atoms with E-state index >= 15 is 0 Å². The smallest absolute Gasteiger partial charge is 0.253 e. The molecule has 0 bridgehead atoms. The summed E-state index contributed by atoms with van der Waals surface area (Å²) in [5.74, 6) is 0.640. The Hall–Kier alpha value is -1.98. The lowest BCUT2D eigenvalue weighted by molar-refractivity contribution is -0.0419. The summed E-state index contributed by atoms with van der Waals surface area (Å²) in [5, 5.41) is 1.01. The van der Waals surface area contributed by atoms with Gasteiger partial charge in [0, 0.05) is 42.4 Å². The van der Waals surface area contributed by atoms with Gasteiger partial charge < -0.3 is 15.4 Å². The predicted molar refractivity (Wildman–Crippen MR) is 102 cm³/mol. The molecule has 1 aromatic carbocycles. The Morgan fingerprint density at radius 1 is 1.19 bits per heavy atom.